The Balaban J connectivity index is 1.43. The Kier molecular flexibility index (Phi) is 6.51. The van der Waals surface area contributed by atoms with Crippen molar-refractivity contribution in [3.63, 3.8) is 0 Å². The second-order valence-electron chi connectivity index (χ2n) is 5.66. The van der Waals surface area contributed by atoms with Crippen LogP contribution >= 0.6 is 0 Å². The molecule has 2 aliphatic heterocycles. The Bertz CT molecular complexity index is 285. The molecule has 0 bridgehead atoms. The Labute approximate surface area is 117 Å². The minimum atomic E-state index is 0.470. The molecule has 0 aromatic rings. The number of hydrogen-bond acceptors (Lipinski definition) is 4. The first-order valence-electron chi connectivity index (χ1n) is 7.86. The number of nitrogens with one attached hydrogen (secondary N) is 3. The summed E-state index contributed by atoms with van der Waals surface area (Å²) in [6.07, 6.45) is 7.81. The summed E-state index contributed by atoms with van der Waals surface area (Å²) >= 11 is 0. The lowest BCUT2D eigenvalue weighted by Crippen LogP contribution is -2.32. The SMILES string of the molecule is CC1=C(NCCCCCOC2CCNC2)NCCC1. The van der Waals surface area contributed by atoms with Gasteiger partial charge in [0.15, 0.2) is 0 Å². The van der Waals surface area contributed by atoms with Crippen LogP contribution < -0.4 is 16.0 Å². The van der Waals surface area contributed by atoms with E-state index in [1.54, 1.807) is 0 Å². The zero-order valence-corrected chi connectivity index (χ0v) is 12.3. The van der Waals surface area contributed by atoms with E-state index in [4.69, 9.17) is 4.74 Å². The Morgan fingerprint density at radius 3 is 3.00 bits per heavy atom. The van der Waals surface area contributed by atoms with Crippen LogP contribution in [0, 0.1) is 0 Å². The van der Waals surface area contributed by atoms with Gasteiger partial charge in [0.1, 0.15) is 0 Å². The van der Waals surface area contributed by atoms with Crippen molar-refractivity contribution in [2.24, 2.45) is 0 Å². The van der Waals surface area contributed by atoms with E-state index in [0.717, 1.165) is 32.8 Å². The lowest BCUT2D eigenvalue weighted by Gasteiger charge is -2.21. The molecule has 2 rings (SSSR count). The molecule has 1 atom stereocenters. The number of unbranched alkanes of at least 4 members (excludes halogenated alkanes) is 2. The van der Waals surface area contributed by atoms with Gasteiger partial charge in [0, 0.05) is 26.2 Å². The van der Waals surface area contributed by atoms with Crippen molar-refractivity contribution < 1.29 is 4.74 Å². The van der Waals surface area contributed by atoms with E-state index < -0.39 is 0 Å². The van der Waals surface area contributed by atoms with Crippen LogP contribution in [0.2, 0.25) is 0 Å². The van der Waals surface area contributed by atoms with Crippen molar-refractivity contribution in [1.82, 2.24) is 16.0 Å². The fraction of sp³-hybridized carbons (Fsp3) is 0.867. The molecule has 0 saturated carbocycles. The maximum absolute atomic E-state index is 5.81. The molecule has 0 aromatic carbocycles. The van der Waals surface area contributed by atoms with Crippen molar-refractivity contribution in [3.05, 3.63) is 11.4 Å². The van der Waals surface area contributed by atoms with E-state index in [2.05, 4.69) is 22.9 Å². The highest BCUT2D eigenvalue weighted by molar-refractivity contribution is 5.11. The minimum Gasteiger partial charge on any atom is -0.377 e. The minimum absolute atomic E-state index is 0.470. The van der Waals surface area contributed by atoms with Gasteiger partial charge in [0.2, 0.25) is 0 Å². The van der Waals surface area contributed by atoms with Crippen LogP contribution in [0.15, 0.2) is 11.4 Å². The molecule has 0 aromatic heterocycles. The first-order valence-corrected chi connectivity index (χ1v) is 7.86. The first-order chi connectivity index (χ1) is 9.36. The Morgan fingerprint density at radius 2 is 2.21 bits per heavy atom. The van der Waals surface area contributed by atoms with Crippen LogP contribution in [0.3, 0.4) is 0 Å². The Morgan fingerprint density at radius 1 is 1.26 bits per heavy atom. The molecule has 1 saturated heterocycles. The maximum atomic E-state index is 5.81. The topological polar surface area (TPSA) is 45.3 Å². The molecule has 3 N–H and O–H groups in total. The summed E-state index contributed by atoms with van der Waals surface area (Å²) in [5, 5.41) is 10.3. The summed E-state index contributed by atoms with van der Waals surface area (Å²) in [5.41, 5.74) is 1.48. The second kappa shape index (κ2) is 8.43. The van der Waals surface area contributed by atoms with Gasteiger partial charge in [-0.1, -0.05) is 0 Å². The summed E-state index contributed by atoms with van der Waals surface area (Å²) in [5.74, 6) is 1.28. The van der Waals surface area contributed by atoms with E-state index >= 15 is 0 Å². The van der Waals surface area contributed by atoms with Crippen molar-refractivity contribution in [2.75, 3.05) is 32.8 Å². The summed E-state index contributed by atoms with van der Waals surface area (Å²) in [4.78, 5) is 0. The normalized spacial score (nSPS) is 23.5. The molecule has 0 aliphatic carbocycles. The third-order valence-electron chi connectivity index (χ3n) is 3.95. The predicted octanol–water partition coefficient (Wildman–Crippen LogP) is 1.74. The molecule has 0 spiro atoms. The summed E-state index contributed by atoms with van der Waals surface area (Å²) in [6.45, 7) is 7.49. The number of allylic oxidation sites excluding steroid dienone is 1. The van der Waals surface area contributed by atoms with Gasteiger partial charge in [-0.05, 0) is 57.6 Å². The van der Waals surface area contributed by atoms with Crippen LogP contribution in [0.1, 0.15) is 45.4 Å². The molecule has 110 valence electrons. The molecule has 0 radical (unpaired) electrons. The Hall–Kier alpha value is -0.740. The van der Waals surface area contributed by atoms with Gasteiger partial charge in [-0.25, -0.2) is 0 Å². The van der Waals surface area contributed by atoms with E-state index in [1.807, 2.05) is 0 Å². The fourth-order valence-electron chi connectivity index (χ4n) is 2.69. The number of rotatable bonds is 8. The van der Waals surface area contributed by atoms with E-state index in [1.165, 1.54) is 49.9 Å². The fourth-order valence-corrected chi connectivity index (χ4v) is 2.69. The molecule has 4 heteroatoms. The summed E-state index contributed by atoms with van der Waals surface area (Å²) in [6, 6.07) is 0. The standard InChI is InChI=1S/C15H29N3O/c1-13-6-5-9-18-15(13)17-8-3-2-4-11-19-14-7-10-16-12-14/h14,16-18H,2-12H2,1H3. The zero-order valence-electron chi connectivity index (χ0n) is 12.3. The molecular formula is C15H29N3O. The molecule has 1 unspecified atom stereocenters. The monoisotopic (exact) mass is 267 g/mol. The van der Waals surface area contributed by atoms with Gasteiger partial charge in [-0.2, -0.15) is 0 Å². The highest BCUT2D eigenvalue weighted by Crippen LogP contribution is 2.11. The molecule has 2 heterocycles. The van der Waals surface area contributed by atoms with E-state index in [-0.39, 0.29) is 0 Å². The smallest absolute Gasteiger partial charge is 0.0975 e. The predicted molar refractivity (Wildman–Crippen MR) is 79.0 cm³/mol. The largest absolute Gasteiger partial charge is 0.377 e. The van der Waals surface area contributed by atoms with Gasteiger partial charge >= 0.3 is 0 Å². The summed E-state index contributed by atoms with van der Waals surface area (Å²) < 4.78 is 5.81. The van der Waals surface area contributed by atoms with Gasteiger partial charge in [0.25, 0.3) is 0 Å². The number of ether oxygens (including phenoxy) is 1. The third kappa shape index (κ3) is 5.41. The highest BCUT2D eigenvalue weighted by atomic mass is 16.5. The zero-order chi connectivity index (χ0) is 13.3. The van der Waals surface area contributed by atoms with Crippen LogP contribution in [0.25, 0.3) is 0 Å². The second-order valence-corrected chi connectivity index (χ2v) is 5.66. The van der Waals surface area contributed by atoms with Gasteiger partial charge in [-0.15, -0.1) is 0 Å². The van der Waals surface area contributed by atoms with Crippen molar-refractivity contribution in [3.8, 4) is 0 Å². The maximum Gasteiger partial charge on any atom is 0.0975 e. The number of hydrogen-bond donors (Lipinski definition) is 3. The molecule has 2 aliphatic rings. The van der Waals surface area contributed by atoms with Crippen LogP contribution in [-0.2, 0) is 4.74 Å². The van der Waals surface area contributed by atoms with Crippen molar-refractivity contribution in [1.29, 1.82) is 0 Å². The molecule has 4 nitrogen and oxygen atoms in total. The van der Waals surface area contributed by atoms with Gasteiger partial charge in [-0.3, -0.25) is 0 Å². The average molecular weight is 267 g/mol. The van der Waals surface area contributed by atoms with Gasteiger partial charge in [0.05, 0.1) is 11.9 Å². The van der Waals surface area contributed by atoms with E-state index in [9.17, 15) is 0 Å². The molecular weight excluding hydrogens is 238 g/mol. The van der Waals surface area contributed by atoms with E-state index in [0.29, 0.717) is 6.10 Å². The van der Waals surface area contributed by atoms with Crippen LogP contribution in [0.5, 0.6) is 0 Å². The molecule has 1 fully saturated rings. The average Bonchev–Trinajstić information content (AvgIpc) is 2.93. The molecule has 0 amide bonds. The van der Waals surface area contributed by atoms with Gasteiger partial charge < -0.3 is 20.7 Å². The van der Waals surface area contributed by atoms with Crippen molar-refractivity contribution >= 4 is 0 Å². The lowest BCUT2D eigenvalue weighted by atomic mass is 10.1. The quantitative estimate of drug-likeness (QED) is 0.586. The first kappa shape index (κ1) is 14.7. The van der Waals surface area contributed by atoms with Crippen molar-refractivity contribution in [2.45, 2.75) is 51.6 Å². The van der Waals surface area contributed by atoms with Crippen LogP contribution in [0.4, 0.5) is 0 Å². The summed E-state index contributed by atoms with van der Waals surface area (Å²) in [7, 11) is 0. The molecule has 19 heavy (non-hydrogen) atoms. The van der Waals surface area contributed by atoms with Crippen LogP contribution in [-0.4, -0.2) is 38.9 Å². The highest BCUT2D eigenvalue weighted by Gasteiger charge is 2.13. The lowest BCUT2D eigenvalue weighted by molar-refractivity contribution is 0.0642. The third-order valence-corrected chi connectivity index (χ3v) is 3.95.